The maximum atomic E-state index is 12.5. The molecule has 2 heterocycles. The molecule has 1 saturated heterocycles. The molecule has 0 bridgehead atoms. The Kier molecular flexibility index (Phi) is 5.19. The highest BCUT2D eigenvalue weighted by Gasteiger charge is 2.38. The molecular weight excluding hydrogens is 290 g/mol. The van der Waals surface area contributed by atoms with Crippen LogP contribution in [0.4, 0.5) is 0 Å². The van der Waals surface area contributed by atoms with Crippen LogP contribution >= 0.6 is 0 Å². The molecule has 1 N–H and O–H groups in total. The van der Waals surface area contributed by atoms with Crippen LogP contribution in [0.15, 0.2) is 12.4 Å². The lowest BCUT2D eigenvalue weighted by Gasteiger charge is -2.41. The molecule has 0 saturated carbocycles. The van der Waals surface area contributed by atoms with Gasteiger partial charge in [-0.25, -0.2) is 0 Å². The Morgan fingerprint density at radius 2 is 2.00 bits per heavy atom. The minimum absolute atomic E-state index is 0.0324. The molecule has 1 aromatic rings. The van der Waals surface area contributed by atoms with Gasteiger partial charge in [-0.3, -0.25) is 9.48 Å². The molecule has 1 aliphatic rings. The van der Waals surface area contributed by atoms with Crippen molar-refractivity contribution in [2.24, 2.45) is 11.3 Å². The summed E-state index contributed by atoms with van der Waals surface area (Å²) in [6.45, 7) is 11.6. The summed E-state index contributed by atoms with van der Waals surface area (Å²) in [7, 11) is 0. The Morgan fingerprint density at radius 1 is 1.39 bits per heavy atom. The van der Waals surface area contributed by atoms with Crippen LogP contribution in [0.3, 0.4) is 0 Å². The zero-order valence-corrected chi connectivity index (χ0v) is 15.2. The standard InChI is InChI=1S/C18H31N3O2/c1-14(2)10-15-11-19-21(12-15)18(5)6-8-20(9-7-18)16(23)17(3,4)13-22/h11-12,14,22H,6-10,13H2,1-5H3. The number of carbonyl (C=O) groups excluding carboxylic acids is 1. The van der Waals surface area contributed by atoms with Gasteiger partial charge in [-0.1, -0.05) is 13.8 Å². The van der Waals surface area contributed by atoms with Crippen LogP contribution in [0.25, 0.3) is 0 Å². The van der Waals surface area contributed by atoms with Gasteiger partial charge >= 0.3 is 0 Å². The molecule has 1 amide bonds. The average Bonchev–Trinajstić information content (AvgIpc) is 2.96. The van der Waals surface area contributed by atoms with Crippen LogP contribution in [0.2, 0.25) is 0 Å². The number of nitrogens with zero attached hydrogens (tertiary/aromatic N) is 3. The fraction of sp³-hybridized carbons (Fsp3) is 0.778. The van der Waals surface area contributed by atoms with Crippen LogP contribution in [0, 0.1) is 11.3 Å². The Hall–Kier alpha value is -1.36. The average molecular weight is 321 g/mol. The first-order chi connectivity index (χ1) is 10.7. The quantitative estimate of drug-likeness (QED) is 0.906. The summed E-state index contributed by atoms with van der Waals surface area (Å²) in [5.41, 5.74) is 0.556. The fourth-order valence-corrected chi connectivity index (χ4v) is 3.15. The van der Waals surface area contributed by atoms with Crippen LogP contribution in [-0.4, -0.2) is 45.4 Å². The van der Waals surface area contributed by atoms with Gasteiger partial charge in [0.1, 0.15) is 0 Å². The molecular formula is C18H31N3O2. The molecule has 1 aromatic heterocycles. The highest BCUT2D eigenvalue weighted by atomic mass is 16.3. The third-order valence-corrected chi connectivity index (χ3v) is 4.94. The van der Waals surface area contributed by atoms with Gasteiger partial charge in [-0.15, -0.1) is 0 Å². The van der Waals surface area contributed by atoms with E-state index in [0.717, 1.165) is 32.4 Å². The lowest BCUT2D eigenvalue weighted by molar-refractivity contribution is -0.144. The Morgan fingerprint density at radius 3 is 2.52 bits per heavy atom. The zero-order chi connectivity index (χ0) is 17.3. The third kappa shape index (κ3) is 3.94. The number of aliphatic hydroxyl groups excluding tert-OH is 1. The zero-order valence-electron chi connectivity index (χ0n) is 15.2. The van der Waals surface area contributed by atoms with E-state index in [1.165, 1.54) is 5.56 Å². The molecule has 23 heavy (non-hydrogen) atoms. The second-order valence-corrected chi connectivity index (χ2v) is 8.22. The van der Waals surface area contributed by atoms with Gasteiger partial charge < -0.3 is 10.0 Å². The number of aromatic nitrogens is 2. The number of piperidine rings is 1. The van der Waals surface area contributed by atoms with Crippen LogP contribution in [-0.2, 0) is 16.8 Å². The molecule has 0 radical (unpaired) electrons. The van der Waals surface area contributed by atoms with Crippen LogP contribution < -0.4 is 0 Å². The first-order valence-corrected chi connectivity index (χ1v) is 8.62. The molecule has 0 aromatic carbocycles. The van der Waals surface area contributed by atoms with E-state index in [4.69, 9.17) is 0 Å². The van der Waals surface area contributed by atoms with Crippen molar-refractivity contribution in [1.82, 2.24) is 14.7 Å². The van der Waals surface area contributed by atoms with Crippen molar-refractivity contribution in [1.29, 1.82) is 0 Å². The number of aliphatic hydroxyl groups is 1. The summed E-state index contributed by atoms with van der Waals surface area (Å²) in [6.07, 6.45) is 6.96. The maximum Gasteiger partial charge on any atom is 0.230 e. The van der Waals surface area contributed by atoms with Gasteiger partial charge in [0, 0.05) is 19.3 Å². The Labute approximate surface area is 139 Å². The van der Waals surface area contributed by atoms with Gasteiger partial charge in [0.2, 0.25) is 5.91 Å². The van der Waals surface area contributed by atoms with E-state index < -0.39 is 5.41 Å². The van der Waals surface area contributed by atoms with E-state index in [2.05, 4.69) is 36.7 Å². The molecule has 0 spiro atoms. The minimum Gasteiger partial charge on any atom is -0.395 e. The Balaban J connectivity index is 2.02. The smallest absolute Gasteiger partial charge is 0.230 e. The maximum absolute atomic E-state index is 12.5. The third-order valence-electron chi connectivity index (χ3n) is 4.94. The monoisotopic (exact) mass is 321 g/mol. The predicted molar refractivity (Wildman–Crippen MR) is 91.1 cm³/mol. The highest BCUT2D eigenvalue weighted by Crippen LogP contribution is 2.31. The summed E-state index contributed by atoms with van der Waals surface area (Å²) in [5, 5.41) is 14.0. The highest BCUT2D eigenvalue weighted by molar-refractivity contribution is 5.82. The van der Waals surface area contributed by atoms with Gasteiger partial charge in [-0.05, 0) is 51.5 Å². The van der Waals surface area contributed by atoms with E-state index in [0.29, 0.717) is 5.92 Å². The topological polar surface area (TPSA) is 58.4 Å². The minimum atomic E-state index is -0.691. The summed E-state index contributed by atoms with van der Waals surface area (Å²) < 4.78 is 2.09. The SMILES string of the molecule is CC(C)Cc1cnn(C2(C)CCN(C(=O)C(C)(C)CO)CC2)c1. The number of hydrogen-bond donors (Lipinski definition) is 1. The van der Waals surface area contributed by atoms with Gasteiger partial charge in [0.15, 0.2) is 0 Å². The van der Waals surface area contributed by atoms with Crippen LogP contribution in [0.5, 0.6) is 0 Å². The molecule has 0 atom stereocenters. The van der Waals surface area contributed by atoms with E-state index >= 15 is 0 Å². The van der Waals surface area contributed by atoms with Crippen LogP contribution in [0.1, 0.15) is 53.0 Å². The predicted octanol–water partition coefficient (Wildman–Crippen LogP) is 2.44. The lowest BCUT2D eigenvalue weighted by atomic mass is 9.87. The summed E-state index contributed by atoms with van der Waals surface area (Å²) in [6, 6.07) is 0. The first kappa shape index (κ1) is 18.0. The number of carbonyl (C=O) groups is 1. The van der Waals surface area contributed by atoms with Crippen molar-refractivity contribution >= 4 is 5.91 Å². The molecule has 0 unspecified atom stereocenters. The molecule has 130 valence electrons. The molecule has 1 aliphatic heterocycles. The molecule has 2 rings (SSSR count). The Bertz CT molecular complexity index is 540. The molecule has 5 heteroatoms. The fourth-order valence-electron chi connectivity index (χ4n) is 3.15. The number of amides is 1. The van der Waals surface area contributed by atoms with Gasteiger partial charge in [0.05, 0.1) is 23.8 Å². The van der Waals surface area contributed by atoms with Gasteiger partial charge in [-0.2, -0.15) is 5.10 Å². The van der Waals surface area contributed by atoms with Crippen molar-refractivity contribution in [3.05, 3.63) is 18.0 Å². The van der Waals surface area contributed by atoms with Crippen molar-refractivity contribution in [2.45, 2.75) is 59.4 Å². The van der Waals surface area contributed by atoms with E-state index in [9.17, 15) is 9.90 Å². The normalized spacial score (nSPS) is 18.5. The summed E-state index contributed by atoms with van der Waals surface area (Å²) in [5.74, 6) is 0.670. The van der Waals surface area contributed by atoms with Crippen molar-refractivity contribution in [2.75, 3.05) is 19.7 Å². The second-order valence-electron chi connectivity index (χ2n) is 8.22. The van der Waals surface area contributed by atoms with E-state index in [-0.39, 0.29) is 18.1 Å². The lowest BCUT2D eigenvalue weighted by Crippen LogP contribution is -2.51. The first-order valence-electron chi connectivity index (χ1n) is 8.62. The van der Waals surface area contributed by atoms with Crippen molar-refractivity contribution in [3.63, 3.8) is 0 Å². The molecule has 0 aliphatic carbocycles. The summed E-state index contributed by atoms with van der Waals surface area (Å²) >= 11 is 0. The molecule has 5 nitrogen and oxygen atoms in total. The number of likely N-dealkylation sites (tertiary alicyclic amines) is 1. The molecule has 1 fully saturated rings. The number of hydrogen-bond acceptors (Lipinski definition) is 3. The van der Waals surface area contributed by atoms with E-state index in [1.54, 1.807) is 13.8 Å². The van der Waals surface area contributed by atoms with E-state index in [1.807, 2.05) is 11.1 Å². The largest absolute Gasteiger partial charge is 0.395 e. The summed E-state index contributed by atoms with van der Waals surface area (Å²) in [4.78, 5) is 14.4. The van der Waals surface area contributed by atoms with Crippen molar-refractivity contribution in [3.8, 4) is 0 Å². The van der Waals surface area contributed by atoms with Crippen molar-refractivity contribution < 1.29 is 9.90 Å². The second kappa shape index (κ2) is 6.63. The van der Waals surface area contributed by atoms with Gasteiger partial charge in [0.25, 0.3) is 0 Å². The number of rotatable bonds is 5.